The number of rotatable bonds is 7. The second-order valence-electron chi connectivity index (χ2n) is 6.83. The number of ether oxygens (including phenoxy) is 2. The van der Waals surface area contributed by atoms with Crippen molar-refractivity contribution in [3.8, 4) is 5.75 Å². The molecule has 1 aliphatic rings. The van der Waals surface area contributed by atoms with Crippen LogP contribution in [-0.4, -0.2) is 27.3 Å². The van der Waals surface area contributed by atoms with Crippen LogP contribution in [0.1, 0.15) is 43.4 Å². The molecule has 3 rings (SSSR count). The Kier molecular flexibility index (Phi) is 6.19. The maximum Gasteiger partial charge on any atom is 0.210 e. The molecule has 7 heteroatoms. The third-order valence-electron chi connectivity index (χ3n) is 5.25. The molecule has 1 unspecified atom stereocenters. The average molecular weight is 417 g/mol. The van der Waals surface area contributed by atoms with Crippen LogP contribution in [0.2, 0.25) is 0 Å². The minimum Gasteiger partial charge on any atom is -0.772 e. The Morgan fingerprint density at radius 3 is 2.24 bits per heavy atom. The first-order valence-corrected chi connectivity index (χ1v) is 10.6. The van der Waals surface area contributed by atoms with Crippen LogP contribution in [-0.2, 0) is 26.4 Å². The molecule has 0 amide bonds. The monoisotopic (exact) mass is 417 g/mol. The topological polar surface area (TPSA) is 75.7 Å². The summed E-state index contributed by atoms with van der Waals surface area (Å²) in [7, 11) is 1.38. The Morgan fingerprint density at radius 2 is 1.72 bits per heavy atom. The van der Waals surface area contributed by atoms with Gasteiger partial charge in [-0.3, -0.25) is 9.00 Å². The highest BCUT2D eigenvalue weighted by Crippen LogP contribution is 2.45. The second kappa shape index (κ2) is 8.47. The highest BCUT2D eigenvalue weighted by atomic mass is 32.2. The number of ketones is 1. The molecular weight excluding hydrogens is 395 g/mol. The number of carbonyl (C=O) groups excluding carboxylic acids is 1. The molecule has 0 saturated heterocycles. The van der Waals surface area contributed by atoms with Crippen molar-refractivity contribution in [2.75, 3.05) is 7.11 Å². The van der Waals surface area contributed by atoms with Gasteiger partial charge in [0.15, 0.2) is 17.2 Å². The normalized spacial score (nSPS) is 16.7. The van der Waals surface area contributed by atoms with Crippen LogP contribution in [0.15, 0.2) is 42.5 Å². The van der Waals surface area contributed by atoms with Crippen molar-refractivity contribution in [2.24, 2.45) is 0 Å². The fraction of sp³-hybridized carbons (Fsp3) is 0.318. The van der Waals surface area contributed by atoms with Gasteiger partial charge in [0.25, 0.3) is 0 Å². The van der Waals surface area contributed by atoms with Gasteiger partial charge in [-0.25, -0.2) is 4.39 Å². The highest BCUT2D eigenvalue weighted by Gasteiger charge is 2.47. The zero-order valence-corrected chi connectivity index (χ0v) is 17.3. The second-order valence-corrected chi connectivity index (χ2v) is 7.73. The lowest BCUT2D eigenvalue weighted by molar-refractivity contribution is -0.128. The van der Waals surface area contributed by atoms with E-state index in [4.69, 9.17) is 9.47 Å². The van der Waals surface area contributed by atoms with E-state index in [-0.39, 0.29) is 17.3 Å². The largest absolute Gasteiger partial charge is 0.772 e. The van der Waals surface area contributed by atoms with Gasteiger partial charge in [0.2, 0.25) is 5.78 Å². The van der Waals surface area contributed by atoms with E-state index in [9.17, 15) is 17.9 Å². The van der Waals surface area contributed by atoms with Crippen LogP contribution in [0.25, 0.3) is 11.3 Å². The van der Waals surface area contributed by atoms with Gasteiger partial charge >= 0.3 is 0 Å². The number of hydrogen-bond donors (Lipinski definition) is 0. The predicted molar refractivity (Wildman–Crippen MR) is 108 cm³/mol. The number of halogens is 1. The lowest BCUT2D eigenvalue weighted by Gasteiger charge is -2.25. The molecule has 0 N–H and O–H groups in total. The Bertz CT molecular complexity index is 977. The standard InChI is InChI=1S/C22H23FO5S/c1-4-22(5-2)21(24)19(16-10-11-18(27-3)17(23)12-16)20(28-22)15-8-6-14(7-9-15)13-29(25)26/h6-12H,4-5,13H2,1-3H3,(H,25,26)/p-1. The Balaban J connectivity index is 2.13. The molecule has 1 heterocycles. The summed E-state index contributed by atoms with van der Waals surface area (Å²) in [6.07, 6.45) is 0.947. The minimum atomic E-state index is -2.19. The third kappa shape index (κ3) is 3.97. The third-order valence-corrected chi connectivity index (χ3v) is 5.82. The summed E-state index contributed by atoms with van der Waals surface area (Å²) in [6.45, 7) is 3.76. The first-order chi connectivity index (χ1) is 13.8. The molecule has 0 bridgehead atoms. The van der Waals surface area contributed by atoms with Gasteiger partial charge in [0.05, 0.1) is 12.7 Å². The number of benzene rings is 2. The van der Waals surface area contributed by atoms with Gasteiger partial charge in [0.1, 0.15) is 5.76 Å². The lowest BCUT2D eigenvalue weighted by atomic mass is 9.86. The first kappa shape index (κ1) is 21.2. The summed E-state index contributed by atoms with van der Waals surface area (Å²) in [4.78, 5) is 13.3. The Hall–Kier alpha value is -2.51. The maximum absolute atomic E-state index is 14.3. The van der Waals surface area contributed by atoms with Crippen LogP contribution in [0.5, 0.6) is 5.75 Å². The van der Waals surface area contributed by atoms with Gasteiger partial charge < -0.3 is 14.0 Å². The van der Waals surface area contributed by atoms with Crippen molar-refractivity contribution in [3.63, 3.8) is 0 Å². The lowest BCUT2D eigenvalue weighted by Crippen LogP contribution is -2.35. The van der Waals surface area contributed by atoms with E-state index in [0.717, 1.165) is 0 Å². The van der Waals surface area contributed by atoms with E-state index in [1.165, 1.54) is 19.2 Å². The molecule has 0 radical (unpaired) electrons. The summed E-state index contributed by atoms with van der Waals surface area (Å²) in [6, 6.07) is 11.2. The van der Waals surface area contributed by atoms with Crippen LogP contribution in [0.3, 0.4) is 0 Å². The average Bonchev–Trinajstić information content (AvgIpc) is 3.01. The minimum absolute atomic E-state index is 0.0921. The summed E-state index contributed by atoms with van der Waals surface area (Å²) in [5.41, 5.74) is 0.985. The molecule has 0 fully saturated rings. The molecule has 0 saturated carbocycles. The SMILES string of the molecule is CCC1(CC)OC(c2ccc(CS(=O)[O-])cc2)=C(c2ccc(OC)c(F)c2)C1=O. The number of Topliss-reactive ketones (excluding diaryl/α,β-unsaturated/α-hetero) is 1. The van der Waals surface area contributed by atoms with Crippen molar-refractivity contribution in [2.45, 2.75) is 38.0 Å². The number of methoxy groups -OCH3 is 1. The van der Waals surface area contributed by atoms with Crippen molar-refractivity contribution in [1.82, 2.24) is 0 Å². The smallest absolute Gasteiger partial charge is 0.210 e. The molecule has 0 aromatic heterocycles. The van der Waals surface area contributed by atoms with E-state index in [1.807, 2.05) is 13.8 Å². The quantitative estimate of drug-likeness (QED) is 0.630. The molecule has 0 aliphatic carbocycles. The Morgan fingerprint density at radius 1 is 1.10 bits per heavy atom. The zero-order chi connectivity index (χ0) is 21.2. The molecule has 0 spiro atoms. The van der Waals surface area contributed by atoms with E-state index in [1.54, 1.807) is 30.3 Å². The first-order valence-electron chi connectivity index (χ1n) is 9.32. The van der Waals surface area contributed by atoms with Crippen molar-refractivity contribution in [3.05, 3.63) is 65.0 Å². The van der Waals surface area contributed by atoms with Crippen LogP contribution < -0.4 is 4.74 Å². The van der Waals surface area contributed by atoms with Gasteiger partial charge in [-0.15, -0.1) is 0 Å². The summed E-state index contributed by atoms with van der Waals surface area (Å²) in [5.74, 6) is -0.383. The maximum atomic E-state index is 14.3. The summed E-state index contributed by atoms with van der Waals surface area (Å²) in [5, 5.41) is 0. The summed E-state index contributed by atoms with van der Waals surface area (Å²) < 4.78 is 47.3. The molecule has 2 aromatic carbocycles. The number of hydrogen-bond acceptors (Lipinski definition) is 5. The Labute approximate surface area is 171 Å². The van der Waals surface area contributed by atoms with Gasteiger partial charge in [0, 0.05) is 11.3 Å². The molecule has 2 aromatic rings. The van der Waals surface area contributed by atoms with Crippen molar-refractivity contribution < 1.29 is 27.4 Å². The summed E-state index contributed by atoms with van der Waals surface area (Å²) >= 11 is -2.19. The van der Waals surface area contributed by atoms with Crippen LogP contribution >= 0.6 is 0 Å². The molecule has 1 atom stereocenters. The van der Waals surface area contributed by atoms with E-state index in [0.29, 0.717) is 40.9 Å². The fourth-order valence-corrected chi connectivity index (χ4v) is 3.98. The zero-order valence-electron chi connectivity index (χ0n) is 16.5. The molecule has 29 heavy (non-hydrogen) atoms. The van der Waals surface area contributed by atoms with E-state index >= 15 is 0 Å². The van der Waals surface area contributed by atoms with Crippen molar-refractivity contribution in [1.29, 1.82) is 0 Å². The van der Waals surface area contributed by atoms with E-state index in [2.05, 4.69) is 0 Å². The van der Waals surface area contributed by atoms with Crippen molar-refractivity contribution >= 4 is 28.2 Å². The fourth-order valence-electron chi connectivity index (χ4n) is 3.51. The highest BCUT2D eigenvalue weighted by molar-refractivity contribution is 7.78. The van der Waals surface area contributed by atoms with Gasteiger partial charge in [-0.05, 0) is 36.1 Å². The molecular formula is C22H22FO5S-. The van der Waals surface area contributed by atoms with E-state index < -0.39 is 22.5 Å². The molecule has 154 valence electrons. The molecule has 5 nitrogen and oxygen atoms in total. The molecule has 1 aliphatic heterocycles. The predicted octanol–water partition coefficient (Wildman–Crippen LogP) is 4.24. The van der Waals surface area contributed by atoms with Crippen LogP contribution in [0.4, 0.5) is 4.39 Å². The van der Waals surface area contributed by atoms with Crippen LogP contribution in [0, 0.1) is 5.82 Å². The van der Waals surface area contributed by atoms with Gasteiger partial charge in [-0.1, -0.05) is 55.3 Å². The van der Waals surface area contributed by atoms with Gasteiger partial charge in [-0.2, -0.15) is 0 Å². The number of carbonyl (C=O) groups is 1.